The fourth-order valence-electron chi connectivity index (χ4n) is 3.05. The number of hydrogen-bond donors (Lipinski definition) is 1. The van der Waals surface area contributed by atoms with Crippen molar-refractivity contribution >= 4 is 11.6 Å². The number of hydrogen-bond acceptors (Lipinski definition) is 2. The van der Waals surface area contributed by atoms with E-state index in [4.69, 9.17) is 0 Å². The lowest BCUT2D eigenvalue weighted by Crippen LogP contribution is -2.21. The molecule has 1 N–H and O–H groups in total. The molecule has 2 atom stereocenters. The van der Waals surface area contributed by atoms with Crippen LogP contribution >= 0.6 is 0 Å². The van der Waals surface area contributed by atoms with Crippen molar-refractivity contribution < 1.29 is 4.79 Å². The van der Waals surface area contributed by atoms with Gasteiger partial charge in [0.1, 0.15) is 0 Å². The molecular weight excluding hydrogens is 224 g/mol. The number of nitrogens with zero attached hydrogens (tertiary/aromatic N) is 1. The van der Waals surface area contributed by atoms with E-state index < -0.39 is 0 Å². The molecule has 1 amide bonds. The average Bonchev–Trinajstić information content (AvgIpc) is 2.99. The first-order valence-corrected chi connectivity index (χ1v) is 6.66. The van der Waals surface area contributed by atoms with E-state index in [9.17, 15) is 4.79 Å². The zero-order chi connectivity index (χ0) is 12.5. The fourth-order valence-corrected chi connectivity index (χ4v) is 3.05. The van der Waals surface area contributed by atoms with Crippen LogP contribution in [0.4, 0.5) is 0 Å². The predicted molar refractivity (Wildman–Crippen MR) is 71.5 cm³/mol. The van der Waals surface area contributed by atoms with Crippen molar-refractivity contribution in [1.82, 2.24) is 5.43 Å². The monoisotopic (exact) mass is 242 g/mol. The van der Waals surface area contributed by atoms with Gasteiger partial charge in [0.25, 0.3) is 5.91 Å². The second-order valence-corrected chi connectivity index (χ2v) is 5.49. The minimum absolute atomic E-state index is 0.106. The Morgan fingerprint density at radius 1 is 1.28 bits per heavy atom. The molecule has 2 saturated carbocycles. The maximum Gasteiger partial charge on any atom is 0.271 e. The van der Waals surface area contributed by atoms with Crippen LogP contribution in [0.1, 0.15) is 41.6 Å². The summed E-state index contributed by atoms with van der Waals surface area (Å²) in [5, 5.41) is 4.32. The number of fused-ring (bicyclic) bond motifs is 2. The van der Waals surface area contributed by atoms with E-state index in [1.165, 1.54) is 25.0 Å². The lowest BCUT2D eigenvalue weighted by molar-refractivity contribution is 0.0954. The summed E-state index contributed by atoms with van der Waals surface area (Å²) in [6, 6.07) is 7.57. The molecule has 0 spiro atoms. The van der Waals surface area contributed by atoms with Gasteiger partial charge in [0, 0.05) is 11.3 Å². The summed E-state index contributed by atoms with van der Waals surface area (Å²) < 4.78 is 0. The number of nitrogens with one attached hydrogen (secondary N) is 1. The third kappa shape index (κ3) is 2.17. The molecule has 0 radical (unpaired) electrons. The van der Waals surface area contributed by atoms with E-state index in [0.29, 0.717) is 11.5 Å². The molecule has 1 aromatic rings. The van der Waals surface area contributed by atoms with E-state index in [-0.39, 0.29) is 5.91 Å². The van der Waals surface area contributed by atoms with Gasteiger partial charge < -0.3 is 0 Å². The Balaban J connectivity index is 1.65. The highest BCUT2D eigenvalue weighted by molar-refractivity contribution is 5.96. The third-order valence-corrected chi connectivity index (χ3v) is 4.13. The summed E-state index contributed by atoms with van der Waals surface area (Å²) >= 11 is 0. The summed E-state index contributed by atoms with van der Waals surface area (Å²) in [6.45, 7) is 2.01. The molecule has 2 fully saturated rings. The predicted octanol–water partition coefficient (Wildman–Crippen LogP) is 2.90. The van der Waals surface area contributed by atoms with Gasteiger partial charge in [-0.1, -0.05) is 17.7 Å². The third-order valence-electron chi connectivity index (χ3n) is 4.13. The van der Waals surface area contributed by atoms with Crippen LogP contribution in [0.25, 0.3) is 0 Å². The van der Waals surface area contributed by atoms with Gasteiger partial charge in [-0.15, -0.1) is 0 Å². The molecule has 3 heteroatoms. The van der Waals surface area contributed by atoms with Crippen LogP contribution < -0.4 is 5.43 Å². The topological polar surface area (TPSA) is 41.5 Å². The summed E-state index contributed by atoms with van der Waals surface area (Å²) in [6.07, 6.45) is 4.96. The van der Waals surface area contributed by atoms with Crippen LogP contribution in [-0.4, -0.2) is 11.6 Å². The molecule has 0 heterocycles. The zero-order valence-corrected chi connectivity index (χ0v) is 10.6. The Morgan fingerprint density at radius 2 is 2.06 bits per heavy atom. The number of carbonyl (C=O) groups is 1. The number of rotatable bonds is 2. The Kier molecular flexibility index (Phi) is 2.90. The number of hydrazone groups is 1. The molecule has 3 rings (SSSR count). The normalized spacial score (nSPS) is 27.7. The number of carbonyl (C=O) groups excluding carboxylic acids is 1. The number of aryl methyl sites for hydroxylation is 1. The molecule has 0 saturated heterocycles. The van der Waals surface area contributed by atoms with E-state index in [1.807, 2.05) is 31.2 Å². The summed E-state index contributed by atoms with van der Waals surface area (Å²) in [4.78, 5) is 11.9. The van der Waals surface area contributed by atoms with E-state index in [1.54, 1.807) is 0 Å². The number of amides is 1. The van der Waals surface area contributed by atoms with Crippen LogP contribution in [0.5, 0.6) is 0 Å². The lowest BCUT2D eigenvalue weighted by atomic mass is 9.99. The molecule has 1 aromatic carbocycles. The summed E-state index contributed by atoms with van der Waals surface area (Å²) in [5.41, 5.74) is 5.73. The van der Waals surface area contributed by atoms with Crippen LogP contribution in [-0.2, 0) is 0 Å². The van der Waals surface area contributed by atoms with Gasteiger partial charge in [-0.25, -0.2) is 5.43 Å². The lowest BCUT2D eigenvalue weighted by Gasteiger charge is -2.11. The van der Waals surface area contributed by atoms with Gasteiger partial charge in [-0.2, -0.15) is 5.10 Å². The minimum Gasteiger partial charge on any atom is -0.267 e. The molecule has 2 bridgehead atoms. The van der Waals surface area contributed by atoms with Crippen molar-refractivity contribution in [3.8, 4) is 0 Å². The molecule has 3 nitrogen and oxygen atoms in total. The van der Waals surface area contributed by atoms with Crippen molar-refractivity contribution in [2.24, 2.45) is 16.9 Å². The molecule has 2 aliphatic carbocycles. The van der Waals surface area contributed by atoms with Crippen LogP contribution in [0, 0.1) is 18.8 Å². The Labute approximate surface area is 107 Å². The van der Waals surface area contributed by atoms with E-state index in [0.717, 1.165) is 17.9 Å². The highest BCUT2D eigenvalue weighted by atomic mass is 16.2. The van der Waals surface area contributed by atoms with Crippen molar-refractivity contribution in [2.75, 3.05) is 0 Å². The molecule has 2 unspecified atom stereocenters. The summed E-state index contributed by atoms with van der Waals surface area (Å²) in [5.74, 6) is 1.35. The van der Waals surface area contributed by atoms with Crippen molar-refractivity contribution in [1.29, 1.82) is 0 Å². The Hall–Kier alpha value is -1.64. The molecule has 0 aromatic heterocycles. The quantitative estimate of drug-likeness (QED) is 0.796. The first kappa shape index (κ1) is 11.5. The molecular formula is C15H18N2O. The van der Waals surface area contributed by atoms with Gasteiger partial charge in [-0.05, 0) is 56.6 Å². The van der Waals surface area contributed by atoms with Crippen LogP contribution in [0.2, 0.25) is 0 Å². The molecule has 0 aliphatic heterocycles. The average molecular weight is 242 g/mol. The number of benzene rings is 1. The second kappa shape index (κ2) is 4.56. The smallest absolute Gasteiger partial charge is 0.267 e. The van der Waals surface area contributed by atoms with Crippen LogP contribution in [0.3, 0.4) is 0 Å². The van der Waals surface area contributed by atoms with Gasteiger partial charge in [0.05, 0.1) is 0 Å². The highest BCUT2D eigenvalue weighted by Crippen LogP contribution is 2.42. The van der Waals surface area contributed by atoms with E-state index >= 15 is 0 Å². The van der Waals surface area contributed by atoms with E-state index in [2.05, 4.69) is 10.5 Å². The molecule has 18 heavy (non-hydrogen) atoms. The van der Waals surface area contributed by atoms with Crippen LogP contribution in [0.15, 0.2) is 29.4 Å². The first-order chi connectivity index (χ1) is 8.72. The maximum absolute atomic E-state index is 11.9. The minimum atomic E-state index is -0.106. The maximum atomic E-state index is 11.9. The van der Waals surface area contributed by atoms with Gasteiger partial charge in [0.15, 0.2) is 0 Å². The Bertz CT molecular complexity index is 490. The van der Waals surface area contributed by atoms with Crippen molar-refractivity contribution in [2.45, 2.75) is 32.6 Å². The first-order valence-electron chi connectivity index (χ1n) is 6.66. The zero-order valence-electron chi connectivity index (χ0n) is 10.6. The van der Waals surface area contributed by atoms with Gasteiger partial charge >= 0.3 is 0 Å². The standard InChI is InChI=1S/C15H18N2O/c1-10-2-5-12(6-3-10)15(18)17-16-14-9-11-4-7-13(14)8-11/h2-3,5-6,11,13H,4,7-9H2,1H3,(H,17,18). The summed E-state index contributed by atoms with van der Waals surface area (Å²) in [7, 11) is 0. The second-order valence-electron chi connectivity index (χ2n) is 5.49. The van der Waals surface area contributed by atoms with Gasteiger partial charge in [0.2, 0.25) is 0 Å². The highest BCUT2D eigenvalue weighted by Gasteiger charge is 2.36. The van der Waals surface area contributed by atoms with Crippen molar-refractivity contribution in [3.05, 3.63) is 35.4 Å². The van der Waals surface area contributed by atoms with Gasteiger partial charge in [-0.3, -0.25) is 4.79 Å². The molecule has 94 valence electrons. The SMILES string of the molecule is Cc1ccc(C(=O)NN=C2CC3CCC2C3)cc1. The fraction of sp³-hybridized carbons (Fsp3) is 0.467. The van der Waals surface area contributed by atoms with Crippen molar-refractivity contribution in [3.63, 3.8) is 0 Å². The Morgan fingerprint density at radius 3 is 2.67 bits per heavy atom. The largest absolute Gasteiger partial charge is 0.271 e. The molecule has 2 aliphatic rings.